The van der Waals surface area contributed by atoms with Crippen LogP contribution in [0.2, 0.25) is 0 Å². The number of aliphatic hydroxyl groups is 11. The van der Waals surface area contributed by atoms with Crippen molar-refractivity contribution in [1.82, 2.24) is 5.32 Å². The van der Waals surface area contributed by atoms with E-state index in [2.05, 4.69) is 55.6 Å². The number of amides is 1. The fraction of sp³-hybridized carbons (Fsp3) is 0.880. The van der Waals surface area contributed by atoms with E-state index in [0.717, 1.165) is 44.9 Å². The van der Waals surface area contributed by atoms with Crippen LogP contribution in [0.5, 0.6) is 0 Å². The number of carbonyl (C=O) groups is 1. The third kappa shape index (κ3) is 37.3. The van der Waals surface area contributed by atoms with Gasteiger partial charge in [0.15, 0.2) is 18.9 Å². The normalized spacial score (nSPS) is 27.6. The van der Waals surface area contributed by atoms with Gasteiger partial charge in [0.25, 0.3) is 0 Å². The van der Waals surface area contributed by atoms with Crippen molar-refractivity contribution in [1.29, 1.82) is 0 Å². The van der Waals surface area contributed by atoms with E-state index in [9.17, 15) is 61.0 Å². The first-order chi connectivity index (χ1) is 45.8. The Morgan fingerprint density at radius 1 is 0.372 bits per heavy atom. The van der Waals surface area contributed by atoms with E-state index >= 15 is 0 Å². The molecule has 3 aliphatic rings. The predicted molar refractivity (Wildman–Crippen MR) is 369 cm³/mol. The molecular formula is C75H137NO18. The summed E-state index contributed by atoms with van der Waals surface area (Å²) in [7, 11) is 0. The first kappa shape index (κ1) is 86.0. The Labute approximate surface area is 567 Å². The van der Waals surface area contributed by atoms with Crippen molar-refractivity contribution < 1.29 is 89.4 Å². The summed E-state index contributed by atoms with van der Waals surface area (Å²) in [5, 5.41) is 121. The number of nitrogens with one attached hydrogen (secondary N) is 1. The van der Waals surface area contributed by atoms with Crippen LogP contribution in [0.3, 0.4) is 0 Å². The first-order valence-corrected chi connectivity index (χ1v) is 37.9. The number of hydrogen-bond acceptors (Lipinski definition) is 18. The highest BCUT2D eigenvalue weighted by Gasteiger charge is 2.53. The summed E-state index contributed by atoms with van der Waals surface area (Å²) in [5.41, 5.74) is 0. The van der Waals surface area contributed by atoms with Crippen molar-refractivity contribution in [2.75, 3.05) is 26.4 Å². The van der Waals surface area contributed by atoms with Gasteiger partial charge in [-0.05, 0) is 70.6 Å². The van der Waals surface area contributed by atoms with Gasteiger partial charge in [0.05, 0.1) is 38.6 Å². The standard InChI is InChI=1S/C75H137NO18/c1-3-5-7-9-11-13-15-17-19-21-23-24-25-26-27-28-29-30-31-32-33-34-35-37-39-41-43-45-47-49-51-53-63(81)76-58(59(80)52-50-48-46-44-42-40-38-36-22-20-18-16-14-12-10-8-6-4-2)57-89-73-69(87)66(84)71(61(55-78)91-73)94-75-70(88)67(85)72(62(56-79)92-75)93-74-68(86)65(83)64(82)60(54-77)90-74/h21-23,36,42,44,50,52,58-62,64-75,77-80,82-88H,3-20,24-35,37-41,43,45-49,51,53-57H2,1-2H3,(H,76,81)/b23-21-,36-22+,44-42+,52-50+. The summed E-state index contributed by atoms with van der Waals surface area (Å²) in [6, 6.07) is -0.996. The van der Waals surface area contributed by atoms with Crippen molar-refractivity contribution in [2.24, 2.45) is 0 Å². The highest BCUT2D eigenvalue weighted by Crippen LogP contribution is 2.33. The molecular weight excluding hydrogens is 1200 g/mol. The number of ether oxygens (including phenoxy) is 6. The summed E-state index contributed by atoms with van der Waals surface area (Å²) in [4.78, 5) is 13.4. The highest BCUT2D eigenvalue weighted by atomic mass is 16.8. The Hall–Kier alpha value is -2.25. The van der Waals surface area contributed by atoms with Gasteiger partial charge in [0.2, 0.25) is 5.91 Å². The lowest BCUT2D eigenvalue weighted by Gasteiger charge is -2.48. The van der Waals surface area contributed by atoms with Crippen LogP contribution >= 0.6 is 0 Å². The first-order valence-electron chi connectivity index (χ1n) is 37.9. The van der Waals surface area contributed by atoms with E-state index in [1.807, 2.05) is 6.08 Å². The van der Waals surface area contributed by atoms with E-state index in [1.165, 1.54) is 212 Å². The molecule has 3 rings (SSSR count). The van der Waals surface area contributed by atoms with Gasteiger partial charge < -0.3 is 89.9 Å². The zero-order valence-corrected chi connectivity index (χ0v) is 58.4. The molecule has 3 heterocycles. The van der Waals surface area contributed by atoms with Crippen LogP contribution in [0.15, 0.2) is 48.6 Å². The largest absolute Gasteiger partial charge is 0.394 e. The van der Waals surface area contributed by atoms with E-state index in [4.69, 9.17) is 28.4 Å². The number of hydrogen-bond donors (Lipinski definition) is 12. The molecule has 0 spiro atoms. The average Bonchev–Trinajstić information content (AvgIpc) is 0.787. The van der Waals surface area contributed by atoms with Crippen molar-refractivity contribution in [3.63, 3.8) is 0 Å². The minimum atomic E-state index is -1.98. The molecule has 3 aliphatic heterocycles. The summed E-state index contributed by atoms with van der Waals surface area (Å²) in [6.45, 7) is 1.73. The zero-order valence-electron chi connectivity index (χ0n) is 58.4. The predicted octanol–water partition coefficient (Wildman–Crippen LogP) is 11.3. The van der Waals surface area contributed by atoms with Crippen molar-refractivity contribution in [3.8, 4) is 0 Å². The third-order valence-electron chi connectivity index (χ3n) is 18.8. The van der Waals surface area contributed by atoms with Crippen LogP contribution < -0.4 is 5.32 Å². The van der Waals surface area contributed by atoms with Crippen LogP contribution in [-0.2, 0) is 33.2 Å². The Morgan fingerprint density at radius 3 is 1.06 bits per heavy atom. The molecule has 19 heteroatoms. The van der Waals surface area contributed by atoms with Crippen LogP contribution in [0.25, 0.3) is 0 Å². The van der Waals surface area contributed by atoms with Crippen molar-refractivity contribution >= 4 is 5.91 Å². The molecule has 94 heavy (non-hydrogen) atoms. The van der Waals surface area contributed by atoms with Gasteiger partial charge in [-0.2, -0.15) is 0 Å². The fourth-order valence-electron chi connectivity index (χ4n) is 12.7. The molecule has 19 nitrogen and oxygen atoms in total. The van der Waals surface area contributed by atoms with Gasteiger partial charge in [-0.25, -0.2) is 0 Å². The number of allylic oxidation sites excluding steroid dienone is 7. The van der Waals surface area contributed by atoms with Crippen LogP contribution in [0.4, 0.5) is 0 Å². The molecule has 0 saturated carbocycles. The van der Waals surface area contributed by atoms with Gasteiger partial charge in [0.1, 0.15) is 73.2 Å². The molecule has 550 valence electrons. The second-order valence-electron chi connectivity index (χ2n) is 27.1. The SMILES string of the molecule is CCCCCCCCCC/C=C\CCCCCCCCCCCCCCCCCCCCCC(=O)NC(COC1OC(CO)C(OC2OC(CO)C(OC3OC(CO)C(O)C(O)C3O)C(O)C2O)C(O)C1O)C(O)/C=C/CC/C=C/CC/C=C/CCCCCCCCCC. The maximum absolute atomic E-state index is 13.4. The fourth-order valence-corrected chi connectivity index (χ4v) is 12.7. The van der Waals surface area contributed by atoms with Crippen LogP contribution in [0.1, 0.15) is 290 Å². The average molecular weight is 1340 g/mol. The van der Waals surface area contributed by atoms with Gasteiger partial charge >= 0.3 is 0 Å². The lowest BCUT2D eigenvalue weighted by atomic mass is 9.96. The van der Waals surface area contributed by atoms with E-state index < -0.39 is 124 Å². The Bertz CT molecular complexity index is 1890. The van der Waals surface area contributed by atoms with Crippen molar-refractivity contribution in [3.05, 3.63) is 48.6 Å². The molecule has 0 aromatic heterocycles. The molecule has 0 aromatic carbocycles. The van der Waals surface area contributed by atoms with Gasteiger partial charge in [-0.1, -0.05) is 262 Å². The third-order valence-corrected chi connectivity index (χ3v) is 18.8. The molecule has 17 atom stereocenters. The summed E-state index contributed by atoms with van der Waals surface area (Å²) in [5.74, 6) is -0.286. The van der Waals surface area contributed by atoms with E-state index in [0.29, 0.717) is 12.8 Å². The number of unbranched alkanes of at least 4 members (excludes halogenated alkanes) is 37. The second-order valence-corrected chi connectivity index (χ2v) is 27.1. The summed E-state index contributed by atoms with van der Waals surface area (Å²) in [6.07, 6.45) is 42.5. The lowest BCUT2D eigenvalue weighted by Crippen LogP contribution is -2.66. The molecule has 0 aliphatic carbocycles. The smallest absolute Gasteiger partial charge is 0.220 e. The van der Waals surface area contributed by atoms with Crippen LogP contribution in [-0.4, -0.2) is 193 Å². The Kier molecular flexibility index (Phi) is 51.7. The maximum atomic E-state index is 13.4. The topological polar surface area (TPSA) is 307 Å². The number of aliphatic hydroxyl groups excluding tert-OH is 11. The molecule has 3 saturated heterocycles. The van der Waals surface area contributed by atoms with Gasteiger partial charge in [-0.15, -0.1) is 0 Å². The monoisotopic (exact) mass is 1340 g/mol. The van der Waals surface area contributed by atoms with Crippen molar-refractivity contribution in [2.45, 2.75) is 394 Å². The molecule has 17 unspecified atom stereocenters. The molecule has 12 N–H and O–H groups in total. The quantitative estimate of drug-likeness (QED) is 0.0199. The lowest BCUT2D eigenvalue weighted by molar-refractivity contribution is -0.379. The number of carbonyl (C=O) groups excluding carboxylic acids is 1. The minimum Gasteiger partial charge on any atom is -0.394 e. The molecule has 3 fully saturated rings. The summed E-state index contributed by atoms with van der Waals surface area (Å²) < 4.78 is 34.4. The molecule has 0 radical (unpaired) electrons. The Morgan fingerprint density at radius 2 is 0.681 bits per heavy atom. The van der Waals surface area contributed by atoms with Gasteiger partial charge in [0, 0.05) is 6.42 Å². The minimum absolute atomic E-state index is 0.234. The van der Waals surface area contributed by atoms with E-state index in [1.54, 1.807) is 6.08 Å². The second kappa shape index (κ2) is 56.5. The van der Waals surface area contributed by atoms with E-state index in [-0.39, 0.29) is 18.9 Å². The zero-order chi connectivity index (χ0) is 68.2. The number of rotatable bonds is 59. The molecule has 0 bridgehead atoms. The molecule has 0 aromatic rings. The Balaban J connectivity index is 1.38. The van der Waals surface area contributed by atoms with Gasteiger partial charge in [-0.3, -0.25) is 4.79 Å². The van der Waals surface area contributed by atoms with Crippen LogP contribution in [0, 0.1) is 0 Å². The molecule has 1 amide bonds. The highest BCUT2D eigenvalue weighted by molar-refractivity contribution is 5.76. The maximum Gasteiger partial charge on any atom is 0.220 e. The summed E-state index contributed by atoms with van der Waals surface area (Å²) >= 11 is 0.